The van der Waals surface area contributed by atoms with Crippen molar-refractivity contribution in [3.8, 4) is 11.5 Å². The highest BCUT2D eigenvalue weighted by Gasteiger charge is 2.21. The molecule has 1 amide bonds. The van der Waals surface area contributed by atoms with E-state index in [1.165, 1.54) is 19.3 Å². The van der Waals surface area contributed by atoms with Crippen LogP contribution in [0.2, 0.25) is 0 Å². The van der Waals surface area contributed by atoms with E-state index in [9.17, 15) is 17.6 Å². The van der Waals surface area contributed by atoms with Gasteiger partial charge in [-0.2, -0.15) is 0 Å². The van der Waals surface area contributed by atoms with Crippen LogP contribution < -0.4 is 19.5 Å². The van der Waals surface area contributed by atoms with Crippen molar-refractivity contribution in [2.24, 2.45) is 0 Å². The van der Waals surface area contributed by atoms with Gasteiger partial charge in [-0.05, 0) is 36.4 Å². The second kappa shape index (κ2) is 10.7. The summed E-state index contributed by atoms with van der Waals surface area (Å²) in [4.78, 5) is 16.1. The Labute approximate surface area is 191 Å². The molecule has 0 atom stereocenters. The molecule has 33 heavy (non-hydrogen) atoms. The van der Waals surface area contributed by atoms with E-state index < -0.39 is 26.6 Å². The number of nitrogens with one attached hydrogen (secondary N) is 2. The maximum Gasteiger partial charge on any atom is 0.255 e. The van der Waals surface area contributed by atoms with E-state index in [-0.39, 0.29) is 18.7 Å². The average molecular weight is 472 g/mol. The molecule has 0 spiro atoms. The number of halogens is 1. The molecule has 3 rings (SSSR count). The number of rotatable bonds is 10. The fourth-order valence-electron chi connectivity index (χ4n) is 2.81. The van der Waals surface area contributed by atoms with Crippen LogP contribution >= 0.6 is 0 Å². The summed E-state index contributed by atoms with van der Waals surface area (Å²) in [5, 5.41) is 2.65. The number of anilines is 1. The van der Waals surface area contributed by atoms with Crippen LogP contribution in [0.3, 0.4) is 0 Å². The maximum atomic E-state index is 14.1. The minimum atomic E-state index is -4.15. The number of carbonyl (C=O) groups excluding carboxylic acids is 1. The Hall–Kier alpha value is -3.76. The quantitative estimate of drug-likeness (QED) is 0.438. The molecule has 10 heteroatoms. The highest BCUT2D eigenvalue weighted by Crippen LogP contribution is 2.31. The summed E-state index contributed by atoms with van der Waals surface area (Å²) in [5.74, 6) is -0.757. The molecule has 1 aromatic heterocycles. The summed E-state index contributed by atoms with van der Waals surface area (Å²) >= 11 is 0. The highest BCUT2D eigenvalue weighted by molar-refractivity contribution is 7.89. The molecule has 0 unspecified atom stereocenters. The minimum absolute atomic E-state index is 0.0379. The van der Waals surface area contributed by atoms with E-state index in [2.05, 4.69) is 21.6 Å². The van der Waals surface area contributed by atoms with Crippen LogP contribution in [0.15, 0.2) is 78.5 Å². The molecule has 3 aromatic rings. The number of sulfonamides is 1. The Balaban J connectivity index is 1.80. The number of ether oxygens (including phenoxy) is 2. The predicted octanol–water partition coefficient (Wildman–Crippen LogP) is 3.52. The van der Waals surface area contributed by atoms with Gasteiger partial charge in [0.2, 0.25) is 10.0 Å². The third-order valence-corrected chi connectivity index (χ3v) is 5.88. The standard InChI is InChI=1S/C23H22FN3O5S/c1-3-10-26-33(29,30)22-12-17(6-8-19(22)24)23(28)27-18-7-9-20(31-2)21(13-18)32-15-16-5-4-11-25-14-16/h3-9,11-14,26H,1,10,15H2,2H3,(H,27,28). The lowest BCUT2D eigenvalue weighted by molar-refractivity contribution is 0.102. The summed E-state index contributed by atoms with van der Waals surface area (Å²) in [6.07, 6.45) is 4.65. The molecule has 0 fully saturated rings. The van der Waals surface area contributed by atoms with Gasteiger partial charge in [-0.25, -0.2) is 17.5 Å². The molecule has 0 bridgehead atoms. The molecule has 0 radical (unpaired) electrons. The van der Waals surface area contributed by atoms with Gasteiger partial charge in [0.05, 0.1) is 7.11 Å². The first kappa shape index (κ1) is 23.9. The van der Waals surface area contributed by atoms with Gasteiger partial charge in [0, 0.05) is 41.8 Å². The van der Waals surface area contributed by atoms with Gasteiger partial charge in [-0.15, -0.1) is 6.58 Å². The first-order valence-electron chi connectivity index (χ1n) is 9.75. The molecule has 0 aliphatic carbocycles. The summed E-state index contributed by atoms with van der Waals surface area (Å²) < 4.78 is 52.0. The van der Waals surface area contributed by atoms with Crippen LogP contribution in [0.4, 0.5) is 10.1 Å². The number of benzene rings is 2. The first-order chi connectivity index (χ1) is 15.8. The molecule has 0 saturated carbocycles. The minimum Gasteiger partial charge on any atom is -0.493 e. The summed E-state index contributed by atoms with van der Waals surface area (Å²) in [7, 11) is -2.66. The van der Waals surface area contributed by atoms with Gasteiger partial charge in [0.15, 0.2) is 11.5 Å². The lowest BCUT2D eigenvalue weighted by atomic mass is 10.2. The van der Waals surface area contributed by atoms with Gasteiger partial charge >= 0.3 is 0 Å². The highest BCUT2D eigenvalue weighted by atomic mass is 32.2. The molecule has 172 valence electrons. The fraction of sp³-hybridized carbons (Fsp3) is 0.130. The monoisotopic (exact) mass is 471 g/mol. The fourth-order valence-corrected chi connectivity index (χ4v) is 3.91. The smallest absolute Gasteiger partial charge is 0.255 e. The number of pyridine rings is 1. The number of methoxy groups -OCH3 is 1. The van der Waals surface area contributed by atoms with E-state index in [4.69, 9.17) is 9.47 Å². The average Bonchev–Trinajstić information content (AvgIpc) is 2.82. The van der Waals surface area contributed by atoms with Crippen LogP contribution in [-0.2, 0) is 16.6 Å². The maximum absolute atomic E-state index is 14.1. The van der Waals surface area contributed by atoms with Crippen LogP contribution in [-0.4, -0.2) is 33.0 Å². The van der Waals surface area contributed by atoms with Gasteiger partial charge in [-0.3, -0.25) is 9.78 Å². The third-order valence-electron chi connectivity index (χ3n) is 4.44. The molecule has 0 aliphatic heterocycles. The van der Waals surface area contributed by atoms with E-state index in [0.29, 0.717) is 17.2 Å². The second-order valence-electron chi connectivity index (χ2n) is 6.76. The topological polar surface area (TPSA) is 107 Å². The molecule has 2 aromatic carbocycles. The van der Waals surface area contributed by atoms with E-state index in [0.717, 1.165) is 17.7 Å². The Morgan fingerprint density at radius 3 is 2.70 bits per heavy atom. The van der Waals surface area contributed by atoms with Crippen LogP contribution in [0.25, 0.3) is 0 Å². The zero-order valence-corrected chi connectivity index (χ0v) is 18.6. The number of amides is 1. The van der Waals surface area contributed by atoms with Crippen molar-refractivity contribution in [3.63, 3.8) is 0 Å². The largest absolute Gasteiger partial charge is 0.493 e. The summed E-state index contributed by atoms with van der Waals surface area (Å²) in [6.45, 7) is 3.57. The van der Waals surface area contributed by atoms with Crippen molar-refractivity contribution in [1.82, 2.24) is 9.71 Å². The van der Waals surface area contributed by atoms with Crippen LogP contribution in [0.5, 0.6) is 11.5 Å². The van der Waals surface area contributed by atoms with Crippen molar-refractivity contribution in [2.45, 2.75) is 11.5 Å². The molecule has 1 heterocycles. The molecule has 2 N–H and O–H groups in total. The van der Waals surface area contributed by atoms with E-state index >= 15 is 0 Å². The van der Waals surface area contributed by atoms with Gasteiger partial charge in [-0.1, -0.05) is 12.1 Å². The van der Waals surface area contributed by atoms with Crippen LogP contribution in [0.1, 0.15) is 15.9 Å². The first-order valence-corrected chi connectivity index (χ1v) is 11.2. The van der Waals surface area contributed by atoms with E-state index in [1.807, 2.05) is 6.07 Å². The lowest BCUT2D eigenvalue weighted by Crippen LogP contribution is -2.25. The molecule has 0 aliphatic rings. The van der Waals surface area contributed by atoms with Crippen molar-refractivity contribution >= 4 is 21.6 Å². The van der Waals surface area contributed by atoms with Gasteiger partial charge in [0.25, 0.3) is 5.91 Å². The molecular formula is C23H22FN3O5S. The van der Waals surface area contributed by atoms with Crippen molar-refractivity contribution in [2.75, 3.05) is 19.0 Å². The second-order valence-corrected chi connectivity index (χ2v) is 8.49. The Kier molecular flexibility index (Phi) is 7.75. The summed E-state index contributed by atoms with van der Waals surface area (Å²) in [6, 6.07) is 11.5. The van der Waals surface area contributed by atoms with Gasteiger partial charge < -0.3 is 14.8 Å². The SMILES string of the molecule is C=CCNS(=O)(=O)c1cc(C(=O)Nc2ccc(OC)c(OCc3cccnc3)c2)ccc1F. The Morgan fingerprint density at radius 1 is 1.18 bits per heavy atom. The third kappa shape index (κ3) is 6.15. The van der Waals surface area contributed by atoms with Crippen LogP contribution in [0, 0.1) is 5.82 Å². The zero-order chi connectivity index (χ0) is 23.8. The van der Waals surface area contributed by atoms with Gasteiger partial charge in [0.1, 0.15) is 17.3 Å². The Morgan fingerprint density at radius 2 is 2.00 bits per heavy atom. The van der Waals surface area contributed by atoms with E-state index in [1.54, 1.807) is 36.7 Å². The molecular weight excluding hydrogens is 449 g/mol. The zero-order valence-electron chi connectivity index (χ0n) is 17.7. The predicted molar refractivity (Wildman–Crippen MR) is 121 cm³/mol. The van der Waals surface area contributed by atoms with Crippen molar-refractivity contribution in [1.29, 1.82) is 0 Å². The number of carbonyl (C=O) groups is 1. The normalized spacial score (nSPS) is 11.0. The number of hydrogen-bond acceptors (Lipinski definition) is 6. The number of hydrogen-bond donors (Lipinski definition) is 2. The number of nitrogens with zero attached hydrogens (tertiary/aromatic N) is 1. The summed E-state index contributed by atoms with van der Waals surface area (Å²) in [5.41, 5.74) is 1.18. The molecule has 0 saturated heterocycles. The number of aromatic nitrogens is 1. The van der Waals surface area contributed by atoms with Crippen molar-refractivity contribution < 1.29 is 27.1 Å². The van der Waals surface area contributed by atoms with Crippen molar-refractivity contribution in [3.05, 3.63) is 90.5 Å². The Bertz CT molecular complexity index is 1250. The molecule has 8 nitrogen and oxygen atoms in total. The lowest BCUT2D eigenvalue weighted by Gasteiger charge is -2.13.